The van der Waals surface area contributed by atoms with Crippen molar-refractivity contribution in [3.63, 3.8) is 0 Å². The lowest BCUT2D eigenvalue weighted by molar-refractivity contribution is 0.0487. The van der Waals surface area contributed by atoms with E-state index in [1.165, 1.54) is 37.6 Å². The van der Waals surface area contributed by atoms with Crippen LogP contribution in [0.2, 0.25) is 0 Å². The minimum absolute atomic E-state index is 0.257. The molecule has 0 saturated carbocycles. The summed E-state index contributed by atoms with van der Waals surface area (Å²) in [6.07, 6.45) is 5.78. The Morgan fingerprint density at radius 2 is 1.61 bits per heavy atom. The normalized spacial score (nSPS) is 11.0. The number of carbonyl (C=O) groups is 1. The number of rotatable bonds is 12. The zero-order chi connectivity index (χ0) is 16.9. The Balaban J connectivity index is 2.28. The molecule has 0 aliphatic rings. The van der Waals surface area contributed by atoms with Crippen LogP contribution in [-0.2, 0) is 4.74 Å². The first kappa shape index (κ1) is 20.0. The molecule has 5 heteroatoms. The predicted molar refractivity (Wildman–Crippen MR) is 97.6 cm³/mol. The van der Waals surface area contributed by atoms with Gasteiger partial charge < -0.3 is 9.64 Å². The van der Waals surface area contributed by atoms with E-state index >= 15 is 0 Å². The van der Waals surface area contributed by atoms with E-state index in [9.17, 15) is 4.79 Å². The molecule has 0 unspecified atom stereocenters. The van der Waals surface area contributed by atoms with Gasteiger partial charge in [0.25, 0.3) is 0 Å². The van der Waals surface area contributed by atoms with Crippen molar-refractivity contribution in [1.29, 1.82) is 0 Å². The van der Waals surface area contributed by atoms with Gasteiger partial charge in [-0.2, -0.15) is 0 Å². The molecule has 0 aliphatic heterocycles. The average molecular weight is 339 g/mol. The number of benzene rings is 1. The highest BCUT2D eigenvalue weighted by atomic mass is 32.2. The molecule has 0 saturated heterocycles. The monoisotopic (exact) mass is 338 g/mol. The summed E-state index contributed by atoms with van der Waals surface area (Å²) in [5.74, 6) is -0.257. The number of nitrogens with zero attached hydrogens (tertiary/aromatic N) is 1. The van der Waals surface area contributed by atoms with Gasteiger partial charge in [-0.15, -0.1) is 0 Å². The van der Waals surface area contributed by atoms with Crippen LogP contribution in [0.3, 0.4) is 0 Å². The minimum Gasteiger partial charge on any atom is -0.462 e. The lowest BCUT2D eigenvalue weighted by Gasteiger charge is -2.21. The molecule has 0 fully saturated rings. The molecular formula is C18H30N2O2S. The summed E-state index contributed by atoms with van der Waals surface area (Å²) in [5.41, 5.74) is 0.580. The Kier molecular flexibility index (Phi) is 10.8. The van der Waals surface area contributed by atoms with Crippen molar-refractivity contribution in [3.8, 4) is 0 Å². The first-order valence-corrected chi connectivity index (χ1v) is 9.45. The summed E-state index contributed by atoms with van der Waals surface area (Å²) in [7, 11) is 0. The molecule has 4 nitrogen and oxygen atoms in total. The van der Waals surface area contributed by atoms with E-state index in [4.69, 9.17) is 9.88 Å². The number of carbonyl (C=O) groups excluding carboxylic acids is 1. The molecule has 0 aliphatic carbocycles. The van der Waals surface area contributed by atoms with Gasteiger partial charge in [-0.1, -0.05) is 26.7 Å². The number of hydrogen-bond donors (Lipinski definition) is 1. The molecule has 1 aromatic carbocycles. The molecule has 1 aromatic rings. The summed E-state index contributed by atoms with van der Waals surface area (Å²) >= 11 is 1.17. The predicted octanol–water partition coefficient (Wildman–Crippen LogP) is 4.10. The first-order valence-electron chi connectivity index (χ1n) is 8.57. The highest BCUT2D eigenvalue weighted by molar-refractivity contribution is 7.97. The van der Waals surface area contributed by atoms with Crippen molar-refractivity contribution >= 4 is 17.9 Å². The van der Waals surface area contributed by atoms with Gasteiger partial charge in [0.1, 0.15) is 0 Å². The molecule has 0 atom stereocenters. The van der Waals surface area contributed by atoms with Crippen LogP contribution < -0.4 is 5.14 Å². The Hall–Kier alpha value is -1.04. The number of esters is 1. The lowest BCUT2D eigenvalue weighted by Crippen LogP contribution is -2.28. The van der Waals surface area contributed by atoms with Crippen molar-refractivity contribution in [1.82, 2.24) is 4.90 Å². The second-order valence-corrected chi connectivity index (χ2v) is 6.39. The highest BCUT2D eigenvalue weighted by Gasteiger charge is 2.08. The molecule has 0 amide bonds. The average Bonchev–Trinajstić information content (AvgIpc) is 2.60. The molecule has 0 heterocycles. The van der Waals surface area contributed by atoms with E-state index in [2.05, 4.69) is 18.7 Å². The van der Waals surface area contributed by atoms with E-state index in [-0.39, 0.29) is 5.97 Å². The lowest BCUT2D eigenvalue weighted by atomic mass is 10.2. The van der Waals surface area contributed by atoms with Crippen LogP contribution in [0.15, 0.2) is 29.2 Å². The maximum absolute atomic E-state index is 12.0. The van der Waals surface area contributed by atoms with E-state index in [0.29, 0.717) is 12.2 Å². The molecule has 1 rings (SSSR count). The number of unbranched alkanes of at least 4 members (excludes halogenated alkanes) is 2. The molecule has 0 aromatic heterocycles. The van der Waals surface area contributed by atoms with Gasteiger partial charge in [-0.25, -0.2) is 4.79 Å². The SMILES string of the molecule is CCCCN(CCCC)CCCOC(=O)c1ccc(SN)cc1. The van der Waals surface area contributed by atoms with Gasteiger partial charge in [0, 0.05) is 11.4 Å². The molecule has 0 radical (unpaired) electrons. The third-order valence-corrected chi connectivity index (χ3v) is 4.28. The molecule has 0 bridgehead atoms. The standard InChI is InChI=1S/C18H30N2O2S/c1-3-5-12-20(13-6-4-2)14-7-15-22-18(21)16-8-10-17(23-19)11-9-16/h8-11H,3-7,12-15,19H2,1-2H3. The van der Waals surface area contributed by atoms with Gasteiger partial charge in [-0.05, 0) is 68.6 Å². The third-order valence-electron chi connectivity index (χ3n) is 3.73. The van der Waals surface area contributed by atoms with Gasteiger partial charge >= 0.3 is 5.97 Å². The molecule has 2 N–H and O–H groups in total. The summed E-state index contributed by atoms with van der Waals surface area (Å²) < 4.78 is 5.36. The van der Waals surface area contributed by atoms with E-state index in [1.807, 2.05) is 12.1 Å². The zero-order valence-electron chi connectivity index (χ0n) is 14.4. The summed E-state index contributed by atoms with van der Waals surface area (Å²) in [6, 6.07) is 7.18. The van der Waals surface area contributed by atoms with Crippen LogP contribution in [-0.4, -0.2) is 37.1 Å². The van der Waals surface area contributed by atoms with Gasteiger partial charge in [0.2, 0.25) is 0 Å². The quantitative estimate of drug-likeness (QED) is 0.353. The molecular weight excluding hydrogens is 308 g/mol. The molecule has 0 spiro atoms. The number of hydrogen-bond acceptors (Lipinski definition) is 5. The van der Waals surface area contributed by atoms with Crippen molar-refractivity contribution in [2.45, 2.75) is 50.8 Å². The maximum Gasteiger partial charge on any atom is 0.338 e. The first-order chi connectivity index (χ1) is 11.2. The Morgan fingerprint density at radius 1 is 1.04 bits per heavy atom. The molecule has 23 heavy (non-hydrogen) atoms. The van der Waals surface area contributed by atoms with Crippen LogP contribution >= 0.6 is 11.9 Å². The van der Waals surface area contributed by atoms with Gasteiger partial charge in [0.05, 0.1) is 12.2 Å². The Bertz CT molecular complexity index is 429. The zero-order valence-corrected chi connectivity index (χ0v) is 15.2. The van der Waals surface area contributed by atoms with E-state index in [1.54, 1.807) is 12.1 Å². The van der Waals surface area contributed by atoms with Crippen molar-refractivity contribution < 1.29 is 9.53 Å². The second kappa shape index (κ2) is 12.4. The fourth-order valence-corrected chi connectivity index (χ4v) is 2.60. The third kappa shape index (κ3) is 8.39. The fourth-order valence-electron chi connectivity index (χ4n) is 2.30. The smallest absolute Gasteiger partial charge is 0.338 e. The maximum atomic E-state index is 12.0. The van der Waals surface area contributed by atoms with Crippen LogP contribution in [0.5, 0.6) is 0 Å². The number of nitrogens with two attached hydrogens (primary N) is 1. The summed E-state index contributed by atoms with van der Waals surface area (Å²) in [6.45, 7) is 8.19. The van der Waals surface area contributed by atoms with Crippen molar-refractivity contribution in [2.75, 3.05) is 26.2 Å². The Labute approximate surface area is 144 Å². The van der Waals surface area contributed by atoms with Crippen LogP contribution in [0.4, 0.5) is 0 Å². The Morgan fingerprint density at radius 3 is 2.13 bits per heavy atom. The minimum atomic E-state index is -0.257. The van der Waals surface area contributed by atoms with Crippen LogP contribution in [0.25, 0.3) is 0 Å². The van der Waals surface area contributed by atoms with Gasteiger partial charge in [0.15, 0.2) is 0 Å². The van der Waals surface area contributed by atoms with Crippen LogP contribution in [0, 0.1) is 0 Å². The van der Waals surface area contributed by atoms with Crippen molar-refractivity contribution in [2.24, 2.45) is 5.14 Å². The second-order valence-electron chi connectivity index (χ2n) is 5.68. The van der Waals surface area contributed by atoms with Crippen LogP contribution in [0.1, 0.15) is 56.3 Å². The molecule has 130 valence electrons. The fraction of sp³-hybridized carbons (Fsp3) is 0.611. The van der Waals surface area contributed by atoms with E-state index < -0.39 is 0 Å². The highest BCUT2D eigenvalue weighted by Crippen LogP contribution is 2.13. The topological polar surface area (TPSA) is 55.6 Å². The summed E-state index contributed by atoms with van der Waals surface area (Å²) in [4.78, 5) is 15.4. The number of ether oxygens (including phenoxy) is 1. The summed E-state index contributed by atoms with van der Waals surface area (Å²) in [5, 5.41) is 5.47. The van der Waals surface area contributed by atoms with E-state index in [0.717, 1.165) is 31.0 Å². The van der Waals surface area contributed by atoms with Crippen molar-refractivity contribution in [3.05, 3.63) is 29.8 Å². The largest absolute Gasteiger partial charge is 0.462 e. The van der Waals surface area contributed by atoms with Gasteiger partial charge in [-0.3, -0.25) is 5.14 Å².